The predicted molar refractivity (Wildman–Crippen MR) is 194 cm³/mol. The number of aliphatic hydroxyl groups excluding tert-OH is 1. The van der Waals surface area contributed by atoms with Gasteiger partial charge in [0.25, 0.3) is 0 Å². The summed E-state index contributed by atoms with van der Waals surface area (Å²) in [5, 5.41) is 20.5. The standard InChI is InChI=1S/C43H41NO4/c1-3-31-8-18-36(19-9-31)44(38-22-26-40(27-23-38)48-42(47)4-2)37-20-12-33(13-21-37)41(30-45)32-10-14-34(15-11-32)43(28-6-5-7-29-43)35-16-24-39(46)25-17-35/h3-4,8-27,41,45-46H,1-2,5-7,28-30H2. The first kappa shape index (κ1) is 32.5. The van der Waals surface area contributed by atoms with E-state index in [4.69, 9.17) is 4.74 Å². The van der Waals surface area contributed by atoms with Crippen LogP contribution in [0.2, 0.25) is 0 Å². The zero-order valence-corrected chi connectivity index (χ0v) is 27.1. The second kappa shape index (κ2) is 14.6. The maximum Gasteiger partial charge on any atom is 0.335 e. The molecule has 1 unspecified atom stereocenters. The number of aromatic hydroxyl groups is 1. The van der Waals surface area contributed by atoms with E-state index < -0.39 is 5.97 Å². The van der Waals surface area contributed by atoms with Gasteiger partial charge in [0, 0.05) is 34.5 Å². The van der Waals surface area contributed by atoms with Gasteiger partial charge in [-0.15, -0.1) is 0 Å². The number of phenolic OH excluding ortho intramolecular Hbond substituents is 1. The number of benzene rings is 5. The maximum absolute atomic E-state index is 11.7. The molecule has 0 radical (unpaired) electrons. The molecule has 0 aliphatic heterocycles. The highest BCUT2D eigenvalue weighted by Crippen LogP contribution is 2.46. The summed E-state index contributed by atoms with van der Waals surface area (Å²) in [6, 6.07) is 40.3. The van der Waals surface area contributed by atoms with Crippen molar-refractivity contribution in [3.63, 3.8) is 0 Å². The monoisotopic (exact) mass is 635 g/mol. The van der Waals surface area contributed by atoms with Gasteiger partial charge >= 0.3 is 5.97 Å². The smallest absolute Gasteiger partial charge is 0.335 e. The molecule has 0 heterocycles. The van der Waals surface area contributed by atoms with Crippen LogP contribution >= 0.6 is 0 Å². The average Bonchev–Trinajstić information content (AvgIpc) is 3.14. The van der Waals surface area contributed by atoms with Crippen LogP contribution in [-0.2, 0) is 10.2 Å². The SMILES string of the molecule is C=CC(=O)Oc1ccc(N(c2ccc(C=C)cc2)c2ccc(C(CO)c3ccc(C4(c5ccc(O)cc5)CCCCC4)cc3)cc2)cc1. The molecule has 0 amide bonds. The average molecular weight is 636 g/mol. The molecule has 1 aliphatic rings. The number of hydrogen-bond donors (Lipinski definition) is 2. The highest BCUT2D eigenvalue weighted by molar-refractivity contribution is 5.83. The molecule has 1 aliphatic carbocycles. The van der Waals surface area contributed by atoms with Crippen molar-refractivity contribution in [2.45, 2.75) is 43.4 Å². The van der Waals surface area contributed by atoms with E-state index in [-0.39, 0.29) is 23.7 Å². The van der Waals surface area contributed by atoms with Crippen molar-refractivity contribution in [1.82, 2.24) is 0 Å². The first-order chi connectivity index (χ1) is 23.4. The van der Waals surface area contributed by atoms with Gasteiger partial charge in [0.2, 0.25) is 0 Å². The van der Waals surface area contributed by atoms with Crippen molar-refractivity contribution in [3.05, 3.63) is 168 Å². The largest absolute Gasteiger partial charge is 0.508 e. The lowest BCUT2D eigenvalue weighted by molar-refractivity contribution is -0.128. The molecule has 5 heteroatoms. The molecule has 242 valence electrons. The first-order valence-corrected chi connectivity index (χ1v) is 16.5. The minimum atomic E-state index is -0.505. The number of rotatable bonds is 11. The van der Waals surface area contributed by atoms with E-state index in [0.29, 0.717) is 5.75 Å². The van der Waals surface area contributed by atoms with Gasteiger partial charge in [-0.25, -0.2) is 4.79 Å². The molecule has 0 aromatic heterocycles. The van der Waals surface area contributed by atoms with Crippen LogP contribution in [0.3, 0.4) is 0 Å². The van der Waals surface area contributed by atoms with Crippen LogP contribution in [0.5, 0.6) is 11.5 Å². The van der Waals surface area contributed by atoms with Crippen molar-refractivity contribution in [3.8, 4) is 11.5 Å². The van der Waals surface area contributed by atoms with E-state index in [0.717, 1.165) is 52.7 Å². The number of aliphatic hydroxyl groups is 1. The van der Waals surface area contributed by atoms with Gasteiger partial charge in [-0.2, -0.15) is 0 Å². The number of hydrogen-bond acceptors (Lipinski definition) is 5. The Kier molecular flexibility index (Phi) is 9.88. The second-order valence-electron chi connectivity index (χ2n) is 12.4. The van der Waals surface area contributed by atoms with E-state index in [9.17, 15) is 15.0 Å². The van der Waals surface area contributed by atoms with Crippen molar-refractivity contribution in [2.24, 2.45) is 0 Å². The molecule has 5 aromatic rings. The number of ether oxygens (including phenoxy) is 1. The number of phenols is 1. The Labute approximate surface area is 283 Å². The highest BCUT2D eigenvalue weighted by atomic mass is 16.5. The molecule has 1 saturated carbocycles. The third-order valence-electron chi connectivity index (χ3n) is 9.60. The van der Waals surface area contributed by atoms with Crippen LogP contribution < -0.4 is 9.64 Å². The molecule has 0 saturated heterocycles. The summed E-state index contributed by atoms with van der Waals surface area (Å²) in [5.74, 6) is 0.0441. The summed E-state index contributed by atoms with van der Waals surface area (Å²) < 4.78 is 5.29. The summed E-state index contributed by atoms with van der Waals surface area (Å²) in [5.41, 5.74) is 8.37. The molecule has 1 atom stereocenters. The summed E-state index contributed by atoms with van der Waals surface area (Å²) >= 11 is 0. The van der Waals surface area contributed by atoms with E-state index in [1.54, 1.807) is 24.3 Å². The van der Waals surface area contributed by atoms with Gasteiger partial charge in [0.15, 0.2) is 0 Å². The van der Waals surface area contributed by atoms with Gasteiger partial charge in [0.1, 0.15) is 11.5 Å². The minimum Gasteiger partial charge on any atom is -0.508 e. The fourth-order valence-electron chi connectivity index (χ4n) is 7.00. The van der Waals surface area contributed by atoms with Crippen LogP contribution in [-0.4, -0.2) is 22.8 Å². The van der Waals surface area contributed by atoms with E-state index in [1.807, 2.05) is 42.5 Å². The Morgan fingerprint density at radius 1 is 0.708 bits per heavy atom. The zero-order chi connectivity index (χ0) is 33.5. The van der Waals surface area contributed by atoms with Crippen molar-refractivity contribution < 1.29 is 19.7 Å². The highest BCUT2D eigenvalue weighted by Gasteiger charge is 2.35. The molecule has 0 bridgehead atoms. The molecule has 1 fully saturated rings. The van der Waals surface area contributed by atoms with Crippen molar-refractivity contribution in [2.75, 3.05) is 11.5 Å². The number of carbonyl (C=O) groups is 1. The topological polar surface area (TPSA) is 70.0 Å². The molecule has 48 heavy (non-hydrogen) atoms. The number of anilines is 3. The quantitative estimate of drug-likeness (QED) is 0.0859. The Hall–Kier alpha value is -5.39. The van der Waals surface area contributed by atoms with Crippen molar-refractivity contribution >= 4 is 29.1 Å². The zero-order valence-electron chi connectivity index (χ0n) is 27.1. The Balaban J connectivity index is 1.29. The first-order valence-electron chi connectivity index (χ1n) is 16.5. The molecular formula is C43H41NO4. The fraction of sp³-hybridized carbons (Fsp3) is 0.186. The lowest BCUT2D eigenvalue weighted by Crippen LogP contribution is -2.30. The van der Waals surface area contributed by atoms with Crippen LogP contribution in [0.1, 0.15) is 65.8 Å². The second-order valence-corrected chi connectivity index (χ2v) is 12.4. The van der Waals surface area contributed by atoms with Gasteiger partial charge in [-0.05, 0) is 101 Å². The minimum absolute atomic E-state index is 0.0145. The molecule has 0 spiro atoms. The number of nitrogens with zero attached hydrogens (tertiary/aromatic N) is 1. The third kappa shape index (κ3) is 6.83. The van der Waals surface area contributed by atoms with Crippen molar-refractivity contribution in [1.29, 1.82) is 0 Å². The number of esters is 1. The Bertz CT molecular complexity index is 1840. The summed E-state index contributed by atoms with van der Waals surface area (Å²) in [6.45, 7) is 7.33. The van der Waals surface area contributed by atoms with Crippen LogP contribution in [0.4, 0.5) is 17.1 Å². The van der Waals surface area contributed by atoms with Crippen LogP contribution in [0, 0.1) is 0 Å². The normalized spacial score (nSPS) is 14.4. The molecule has 2 N–H and O–H groups in total. The third-order valence-corrected chi connectivity index (χ3v) is 9.60. The van der Waals surface area contributed by atoms with Gasteiger partial charge in [-0.3, -0.25) is 0 Å². The van der Waals surface area contributed by atoms with E-state index >= 15 is 0 Å². The summed E-state index contributed by atoms with van der Waals surface area (Å²) in [4.78, 5) is 13.8. The Morgan fingerprint density at radius 2 is 1.19 bits per heavy atom. The summed E-state index contributed by atoms with van der Waals surface area (Å²) in [7, 11) is 0. The van der Waals surface area contributed by atoms with Crippen LogP contribution in [0.25, 0.3) is 6.08 Å². The summed E-state index contributed by atoms with van der Waals surface area (Å²) in [6.07, 6.45) is 8.72. The molecule has 5 aromatic carbocycles. The van der Waals surface area contributed by atoms with Crippen LogP contribution in [0.15, 0.2) is 141 Å². The van der Waals surface area contributed by atoms with E-state index in [2.05, 4.69) is 78.7 Å². The van der Waals surface area contributed by atoms with Gasteiger partial charge < -0.3 is 19.8 Å². The predicted octanol–water partition coefficient (Wildman–Crippen LogP) is 9.97. The Morgan fingerprint density at radius 3 is 1.69 bits per heavy atom. The lowest BCUT2D eigenvalue weighted by Gasteiger charge is -2.39. The molecule has 6 rings (SSSR count). The van der Waals surface area contributed by atoms with E-state index in [1.165, 1.54) is 30.4 Å². The number of carbonyl (C=O) groups excluding carboxylic acids is 1. The van der Waals surface area contributed by atoms with Gasteiger partial charge in [-0.1, -0.05) is 99.2 Å². The molecule has 5 nitrogen and oxygen atoms in total. The fourth-order valence-corrected chi connectivity index (χ4v) is 7.00. The van der Waals surface area contributed by atoms with Gasteiger partial charge in [0.05, 0.1) is 6.61 Å². The molecular weight excluding hydrogens is 594 g/mol. The lowest BCUT2D eigenvalue weighted by atomic mass is 9.65. The maximum atomic E-state index is 11.7.